The number of hydrogen-bond acceptors (Lipinski definition) is 4. The number of carbonyl (C=O) groups excluding carboxylic acids is 2. The van der Waals surface area contributed by atoms with Crippen LogP contribution in [-0.4, -0.2) is 56.0 Å². The molecule has 0 spiro atoms. The van der Waals surface area contributed by atoms with Crippen molar-refractivity contribution in [2.45, 2.75) is 26.3 Å². The van der Waals surface area contributed by atoms with E-state index in [0.717, 1.165) is 24.3 Å². The minimum Gasteiger partial charge on any atom is -0.495 e. The molecule has 0 saturated carbocycles. The zero-order valence-electron chi connectivity index (χ0n) is 14.5. The number of benzene rings is 1. The van der Waals surface area contributed by atoms with E-state index >= 15 is 0 Å². The molecule has 2 unspecified atom stereocenters. The second-order valence-corrected chi connectivity index (χ2v) is 6.67. The molecule has 6 heteroatoms. The molecule has 3 rings (SSSR count). The van der Waals surface area contributed by atoms with E-state index in [4.69, 9.17) is 4.74 Å². The highest BCUT2D eigenvalue weighted by Crippen LogP contribution is 2.34. The minimum absolute atomic E-state index is 0.0139. The Kier molecular flexibility index (Phi) is 4.76. The molecule has 2 fully saturated rings. The third-order valence-electron chi connectivity index (χ3n) is 4.88. The topological polar surface area (TPSA) is 61.9 Å². The molecule has 24 heavy (non-hydrogen) atoms. The zero-order chi connectivity index (χ0) is 17.3. The summed E-state index contributed by atoms with van der Waals surface area (Å²) in [4.78, 5) is 29.0. The molecule has 2 heterocycles. The van der Waals surface area contributed by atoms with Crippen molar-refractivity contribution in [2.75, 3.05) is 38.2 Å². The number of rotatable bonds is 3. The molecule has 2 atom stereocenters. The van der Waals surface area contributed by atoms with E-state index in [1.165, 1.54) is 0 Å². The first-order valence-corrected chi connectivity index (χ1v) is 8.47. The number of ether oxygens (including phenoxy) is 1. The summed E-state index contributed by atoms with van der Waals surface area (Å²) in [6, 6.07) is 5.93. The number of carbonyl (C=O) groups is 2. The molecular weight excluding hydrogens is 306 g/mol. The van der Waals surface area contributed by atoms with Crippen LogP contribution in [0.3, 0.4) is 0 Å². The largest absolute Gasteiger partial charge is 0.495 e. The fourth-order valence-corrected chi connectivity index (χ4v) is 3.52. The number of amides is 2. The highest BCUT2D eigenvalue weighted by molar-refractivity contribution is 6.01. The van der Waals surface area contributed by atoms with Crippen LogP contribution < -0.4 is 15.0 Å². The monoisotopic (exact) mass is 331 g/mol. The van der Waals surface area contributed by atoms with Gasteiger partial charge in [-0.2, -0.15) is 0 Å². The average Bonchev–Trinajstić information content (AvgIpc) is 2.96. The zero-order valence-corrected chi connectivity index (χ0v) is 14.5. The van der Waals surface area contributed by atoms with E-state index in [1.54, 1.807) is 12.0 Å². The summed E-state index contributed by atoms with van der Waals surface area (Å²) in [5.74, 6) is 0.465. The minimum atomic E-state index is -0.275. The summed E-state index contributed by atoms with van der Waals surface area (Å²) in [5.41, 5.74) is 1.82. The molecule has 0 aliphatic carbocycles. The number of methoxy groups -OCH3 is 1. The molecule has 0 radical (unpaired) electrons. The lowest BCUT2D eigenvalue weighted by molar-refractivity contribution is -0.138. The number of nitrogens with one attached hydrogen (secondary N) is 1. The third-order valence-corrected chi connectivity index (χ3v) is 4.88. The summed E-state index contributed by atoms with van der Waals surface area (Å²) in [6.07, 6.45) is 0.270. The average molecular weight is 331 g/mol. The van der Waals surface area contributed by atoms with Crippen LogP contribution in [0.5, 0.6) is 5.75 Å². The van der Waals surface area contributed by atoms with Gasteiger partial charge in [-0.3, -0.25) is 9.59 Å². The van der Waals surface area contributed by atoms with Gasteiger partial charge in [-0.25, -0.2) is 0 Å². The Hall–Kier alpha value is -2.08. The first kappa shape index (κ1) is 16.8. The van der Waals surface area contributed by atoms with E-state index in [2.05, 4.69) is 5.32 Å². The second-order valence-electron chi connectivity index (χ2n) is 6.67. The molecule has 1 aromatic carbocycles. The lowest BCUT2D eigenvalue weighted by Crippen LogP contribution is -2.54. The molecule has 1 aromatic rings. The summed E-state index contributed by atoms with van der Waals surface area (Å²) in [6.45, 7) is 6.78. The molecule has 2 amide bonds. The van der Waals surface area contributed by atoms with Gasteiger partial charge in [0.2, 0.25) is 11.8 Å². The van der Waals surface area contributed by atoms with Gasteiger partial charge in [0.25, 0.3) is 0 Å². The van der Waals surface area contributed by atoms with Crippen molar-refractivity contribution in [1.29, 1.82) is 0 Å². The van der Waals surface area contributed by atoms with Crippen LogP contribution in [0.1, 0.15) is 18.9 Å². The fraction of sp³-hybridized carbons (Fsp3) is 0.556. The molecular formula is C18H25N3O3. The van der Waals surface area contributed by atoms with Gasteiger partial charge < -0.3 is 19.9 Å². The highest BCUT2D eigenvalue weighted by Gasteiger charge is 2.39. The van der Waals surface area contributed by atoms with Crippen LogP contribution in [0, 0.1) is 12.8 Å². The molecule has 0 bridgehead atoms. The van der Waals surface area contributed by atoms with Crippen molar-refractivity contribution < 1.29 is 14.3 Å². The maximum absolute atomic E-state index is 12.8. The van der Waals surface area contributed by atoms with Gasteiger partial charge in [0.15, 0.2) is 0 Å². The number of piperazine rings is 1. The standard InChI is InChI=1S/C18H25N3O3/c1-12-4-5-16(24-3)15(8-12)21-11-14(9-17(21)22)18(23)20-7-6-19-10-13(20)2/h4-5,8,13-14,19H,6-7,9-11H2,1-3H3. The summed E-state index contributed by atoms with van der Waals surface area (Å²) >= 11 is 0. The first-order chi connectivity index (χ1) is 11.5. The maximum atomic E-state index is 12.8. The molecule has 130 valence electrons. The van der Waals surface area contributed by atoms with E-state index in [-0.39, 0.29) is 30.2 Å². The number of nitrogens with zero attached hydrogens (tertiary/aromatic N) is 2. The number of hydrogen-bond donors (Lipinski definition) is 1. The number of anilines is 1. The SMILES string of the molecule is COc1ccc(C)cc1N1CC(C(=O)N2CCNCC2C)CC1=O. The molecule has 2 saturated heterocycles. The van der Waals surface area contributed by atoms with Crippen molar-refractivity contribution in [3.63, 3.8) is 0 Å². The van der Waals surface area contributed by atoms with Crippen LogP contribution in [-0.2, 0) is 9.59 Å². The molecule has 2 aliphatic rings. The van der Waals surface area contributed by atoms with Crippen molar-refractivity contribution in [2.24, 2.45) is 5.92 Å². The smallest absolute Gasteiger partial charge is 0.228 e. The Morgan fingerprint density at radius 2 is 2.17 bits per heavy atom. The quantitative estimate of drug-likeness (QED) is 0.903. The Bertz CT molecular complexity index is 646. The second kappa shape index (κ2) is 6.81. The van der Waals surface area contributed by atoms with E-state index < -0.39 is 0 Å². The highest BCUT2D eigenvalue weighted by atomic mass is 16.5. The lowest BCUT2D eigenvalue weighted by Gasteiger charge is -2.35. The molecule has 0 aromatic heterocycles. The van der Waals surface area contributed by atoms with Gasteiger partial charge >= 0.3 is 0 Å². The molecule has 6 nitrogen and oxygen atoms in total. The first-order valence-electron chi connectivity index (χ1n) is 8.47. The van der Waals surface area contributed by atoms with Crippen molar-refractivity contribution >= 4 is 17.5 Å². The molecule has 2 aliphatic heterocycles. The van der Waals surface area contributed by atoms with E-state index in [0.29, 0.717) is 18.8 Å². The van der Waals surface area contributed by atoms with Crippen LogP contribution in [0.2, 0.25) is 0 Å². The van der Waals surface area contributed by atoms with Crippen molar-refractivity contribution in [3.05, 3.63) is 23.8 Å². The van der Waals surface area contributed by atoms with Crippen LogP contribution in [0.15, 0.2) is 18.2 Å². The predicted octanol–water partition coefficient (Wildman–Crippen LogP) is 1.18. The summed E-state index contributed by atoms with van der Waals surface area (Å²) < 4.78 is 5.39. The fourth-order valence-electron chi connectivity index (χ4n) is 3.52. The van der Waals surface area contributed by atoms with E-state index in [9.17, 15) is 9.59 Å². The Morgan fingerprint density at radius 1 is 1.38 bits per heavy atom. The normalized spacial score (nSPS) is 24.4. The Labute approximate surface area is 142 Å². The van der Waals surface area contributed by atoms with Gasteiger partial charge in [-0.05, 0) is 31.5 Å². The lowest BCUT2D eigenvalue weighted by atomic mass is 10.0. The van der Waals surface area contributed by atoms with Crippen LogP contribution >= 0.6 is 0 Å². The van der Waals surface area contributed by atoms with Gasteiger partial charge in [-0.1, -0.05) is 6.07 Å². The van der Waals surface area contributed by atoms with Crippen LogP contribution in [0.25, 0.3) is 0 Å². The Morgan fingerprint density at radius 3 is 2.88 bits per heavy atom. The van der Waals surface area contributed by atoms with Gasteiger partial charge in [0.05, 0.1) is 18.7 Å². The summed E-state index contributed by atoms with van der Waals surface area (Å²) in [7, 11) is 1.60. The van der Waals surface area contributed by atoms with Gasteiger partial charge in [0.1, 0.15) is 5.75 Å². The van der Waals surface area contributed by atoms with Crippen LogP contribution in [0.4, 0.5) is 5.69 Å². The maximum Gasteiger partial charge on any atom is 0.228 e. The van der Waals surface area contributed by atoms with Crippen molar-refractivity contribution in [1.82, 2.24) is 10.2 Å². The molecule has 1 N–H and O–H groups in total. The summed E-state index contributed by atoms with van der Waals surface area (Å²) in [5, 5.41) is 3.29. The predicted molar refractivity (Wildman–Crippen MR) is 92.2 cm³/mol. The number of aryl methyl sites for hydroxylation is 1. The Balaban J connectivity index is 1.78. The van der Waals surface area contributed by atoms with Gasteiger partial charge in [-0.15, -0.1) is 0 Å². The van der Waals surface area contributed by atoms with E-state index in [1.807, 2.05) is 36.9 Å². The van der Waals surface area contributed by atoms with Gasteiger partial charge in [0, 0.05) is 38.6 Å². The van der Waals surface area contributed by atoms with Crippen molar-refractivity contribution in [3.8, 4) is 5.75 Å². The third kappa shape index (κ3) is 3.11.